The molecule has 0 aromatic heterocycles. The number of hydrogen-bond acceptors (Lipinski definition) is 3. The Hall–Kier alpha value is -1.22. The van der Waals surface area contributed by atoms with Crippen molar-refractivity contribution in [1.82, 2.24) is 0 Å². The van der Waals surface area contributed by atoms with Crippen LogP contribution in [0.3, 0.4) is 0 Å². The SMILES string of the molecule is CC(=O)Cc1cc2c(c(Cl)c1O)OCC2. The van der Waals surface area contributed by atoms with Gasteiger partial charge in [0, 0.05) is 18.4 Å². The minimum atomic E-state index is -0.0347. The summed E-state index contributed by atoms with van der Waals surface area (Å²) in [6.45, 7) is 2.06. The van der Waals surface area contributed by atoms with Crippen LogP contribution in [-0.2, 0) is 17.6 Å². The van der Waals surface area contributed by atoms with E-state index in [0.29, 0.717) is 17.9 Å². The van der Waals surface area contributed by atoms with Crippen molar-refractivity contribution in [3.63, 3.8) is 0 Å². The van der Waals surface area contributed by atoms with Gasteiger partial charge < -0.3 is 9.84 Å². The first-order chi connectivity index (χ1) is 7.09. The van der Waals surface area contributed by atoms with Crippen LogP contribution in [0.1, 0.15) is 18.1 Å². The summed E-state index contributed by atoms with van der Waals surface area (Å²) < 4.78 is 5.29. The quantitative estimate of drug-likeness (QED) is 0.840. The molecule has 0 spiro atoms. The van der Waals surface area contributed by atoms with Crippen LogP contribution in [0, 0.1) is 0 Å². The Labute approximate surface area is 92.6 Å². The first-order valence-electron chi connectivity index (χ1n) is 4.75. The highest BCUT2D eigenvalue weighted by Gasteiger charge is 2.21. The van der Waals surface area contributed by atoms with Crippen LogP contribution in [0.5, 0.6) is 11.5 Å². The average Bonchev–Trinajstić information content (AvgIpc) is 2.61. The third kappa shape index (κ3) is 1.79. The monoisotopic (exact) mass is 226 g/mol. The van der Waals surface area contributed by atoms with Crippen LogP contribution in [0.2, 0.25) is 5.02 Å². The van der Waals surface area contributed by atoms with Gasteiger partial charge in [0.1, 0.15) is 22.3 Å². The zero-order valence-electron chi connectivity index (χ0n) is 8.34. The molecular formula is C11H11ClO3. The number of aromatic hydroxyl groups is 1. The molecule has 1 aliphatic rings. The Morgan fingerprint density at radius 1 is 1.67 bits per heavy atom. The standard InChI is InChI=1S/C11H11ClO3/c1-6(13)4-8-5-7-2-3-15-11(7)9(12)10(8)14/h5,14H,2-4H2,1H3. The second-order valence-corrected chi connectivity index (χ2v) is 4.04. The third-order valence-corrected chi connectivity index (χ3v) is 2.76. The maximum atomic E-state index is 11.0. The molecule has 0 bridgehead atoms. The van der Waals surface area contributed by atoms with Crippen molar-refractivity contribution in [2.24, 2.45) is 0 Å². The van der Waals surface area contributed by atoms with Crippen molar-refractivity contribution in [2.75, 3.05) is 6.61 Å². The van der Waals surface area contributed by atoms with Crippen molar-refractivity contribution < 1.29 is 14.6 Å². The molecule has 0 atom stereocenters. The second-order valence-electron chi connectivity index (χ2n) is 3.66. The average molecular weight is 227 g/mol. The Balaban J connectivity index is 2.49. The Bertz CT molecular complexity index is 426. The van der Waals surface area contributed by atoms with Gasteiger partial charge >= 0.3 is 0 Å². The molecule has 0 amide bonds. The highest BCUT2D eigenvalue weighted by atomic mass is 35.5. The number of halogens is 1. The van der Waals surface area contributed by atoms with Gasteiger partial charge in [0.15, 0.2) is 0 Å². The van der Waals surface area contributed by atoms with Crippen LogP contribution in [0.25, 0.3) is 0 Å². The van der Waals surface area contributed by atoms with E-state index in [2.05, 4.69) is 0 Å². The molecule has 0 unspecified atom stereocenters. The molecule has 15 heavy (non-hydrogen) atoms. The lowest BCUT2D eigenvalue weighted by Gasteiger charge is -2.08. The Morgan fingerprint density at radius 3 is 3.07 bits per heavy atom. The maximum Gasteiger partial charge on any atom is 0.145 e. The molecule has 0 aliphatic carbocycles. The summed E-state index contributed by atoms with van der Waals surface area (Å²) in [6.07, 6.45) is 0.985. The van der Waals surface area contributed by atoms with Crippen LogP contribution in [0.4, 0.5) is 0 Å². The number of carbonyl (C=O) groups is 1. The van der Waals surface area contributed by atoms with E-state index in [1.165, 1.54) is 6.92 Å². The largest absolute Gasteiger partial charge is 0.506 e. The Kier molecular flexibility index (Phi) is 2.57. The highest BCUT2D eigenvalue weighted by Crippen LogP contribution is 2.42. The first-order valence-corrected chi connectivity index (χ1v) is 5.13. The van der Waals surface area contributed by atoms with Gasteiger partial charge in [0.2, 0.25) is 0 Å². The smallest absolute Gasteiger partial charge is 0.145 e. The number of ketones is 1. The van der Waals surface area contributed by atoms with Gasteiger partial charge in [0.25, 0.3) is 0 Å². The highest BCUT2D eigenvalue weighted by molar-refractivity contribution is 6.33. The summed E-state index contributed by atoms with van der Waals surface area (Å²) in [4.78, 5) is 11.0. The minimum Gasteiger partial charge on any atom is -0.506 e. The molecule has 80 valence electrons. The van der Waals surface area contributed by atoms with Crippen molar-refractivity contribution >= 4 is 17.4 Å². The fraction of sp³-hybridized carbons (Fsp3) is 0.364. The zero-order chi connectivity index (χ0) is 11.0. The molecule has 0 saturated heterocycles. The maximum absolute atomic E-state index is 11.0. The van der Waals surface area contributed by atoms with E-state index >= 15 is 0 Å². The molecule has 2 rings (SSSR count). The van der Waals surface area contributed by atoms with Crippen LogP contribution >= 0.6 is 11.6 Å². The molecule has 1 heterocycles. The molecule has 3 nitrogen and oxygen atoms in total. The van der Waals surface area contributed by atoms with Crippen molar-refractivity contribution in [3.05, 3.63) is 22.2 Å². The van der Waals surface area contributed by atoms with Crippen LogP contribution < -0.4 is 4.74 Å². The minimum absolute atomic E-state index is 0.000215. The molecule has 1 N–H and O–H groups in total. The molecule has 1 aromatic carbocycles. The van der Waals surface area contributed by atoms with E-state index in [4.69, 9.17) is 16.3 Å². The van der Waals surface area contributed by atoms with Gasteiger partial charge in [-0.15, -0.1) is 0 Å². The van der Waals surface area contributed by atoms with E-state index in [9.17, 15) is 9.90 Å². The van der Waals surface area contributed by atoms with E-state index in [1.54, 1.807) is 6.07 Å². The normalized spacial score (nSPS) is 13.5. The molecule has 0 saturated carbocycles. The van der Waals surface area contributed by atoms with Gasteiger partial charge in [-0.05, 0) is 18.6 Å². The molecule has 0 fully saturated rings. The fourth-order valence-corrected chi connectivity index (χ4v) is 2.04. The molecular weight excluding hydrogens is 216 g/mol. The lowest BCUT2D eigenvalue weighted by Crippen LogP contribution is -1.98. The summed E-state index contributed by atoms with van der Waals surface area (Å²) in [7, 11) is 0. The lowest BCUT2D eigenvalue weighted by atomic mass is 10.0. The number of phenols is 1. The summed E-state index contributed by atoms with van der Waals surface area (Å²) in [6, 6.07) is 1.80. The summed E-state index contributed by atoms with van der Waals surface area (Å²) in [5.41, 5.74) is 1.55. The number of benzene rings is 1. The number of fused-ring (bicyclic) bond motifs is 1. The van der Waals surface area contributed by atoms with Crippen molar-refractivity contribution in [3.8, 4) is 11.5 Å². The third-order valence-electron chi connectivity index (χ3n) is 2.41. The Morgan fingerprint density at radius 2 is 2.40 bits per heavy atom. The number of ether oxygens (including phenoxy) is 1. The number of carbonyl (C=O) groups excluding carboxylic acids is 1. The molecule has 1 aliphatic heterocycles. The van der Waals surface area contributed by atoms with E-state index < -0.39 is 0 Å². The summed E-state index contributed by atoms with van der Waals surface area (Å²) >= 11 is 5.94. The zero-order valence-corrected chi connectivity index (χ0v) is 9.10. The fourth-order valence-electron chi connectivity index (χ4n) is 1.74. The van der Waals surface area contributed by atoms with E-state index in [1.807, 2.05) is 0 Å². The predicted octanol–water partition coefficient (Wildman–Crippen LogP) is 2.11. The van der Waals surface area contributed by atoms with Crippen molar-refractivity contribution in [2.45, 2.75) is 19.8 Å². The number of phenolic OH excluding ortho intramolecular Hbond substituents is 1. The van der Waals surface area contributed by atoms with Gasteiger partial charge in [-0.3, -0.25) is 4.79 Å². The number of rotatable bonds is 2. The van der Waals surface area contributed by atoms with Crippen LogP contribution in [0.15, 0.2) is 6.07 Å². The summed E-state index contributed by atoms with van der Waals surface area (Å²) in [5, 5.41) is 9.97. The molecule has 1 aromatic rings. The van der Waals surface area contributed by atoms with Gasteiger partial charge in [-0.2, -0.15) is 0 Å². The lowest BCUT2D eigenvalue weighted by molar-refractivity contribution is -0.116. The van der Waals surface area contributed by atoms with E-state index in [-0.39, 0.29) is 23.0 Å². The van der Waals surface area contributed by atoms with Gasteiger partial charge in [0.05, 0.1) is 6.61 Å². The predicted molar refractivity (Wildman–Crippen MR) is 56.7 cm³/mol. The van der Waals surface area contributed by atoms with Gasteiger partial charge in [-0.25, -0.2) is 0 Å². The molecule has 0 radical (unpaired) electrons. The molecule has 4 heteroatoms. The summed E-state index contributed by atoms with van der Waals surface area (Å²) in [5.74, 6) is 0.522. The van der Waals surface area contributed by atoms with E-state index in [0.717, 1.165) is 12.0 Å². The second kappa shape index (κ2) is 3.74. The topological polar surface area (TPSA) is 46.5 Å². The van der Waals surface area contributed by atoms with Crippen LogP contribution in [-0.4, -0.2) is 17.5 Å². The first kappa shape index (κ1) is 10.3. The van der Waals surface area contributed by atoms with Gasteiger partial charge in [-0.1, -0.05) is 11.6 Å². The number of Topliss-reactive ketones (excluding diaryl/α,β-unsaturated/α-hetero) is 1. The number of hydrogen-bond donors (Lipinski definition) is 1. The van der Waals surface area contributed by atoms with Crippen molar-refractivity contribution in [1.29, 1.82) is 0 Å².